The van der Waals surface area contributed by atoms with Crippen LogP contribution in [0.3, 0.4) is 0 Å². The Morgan fingerprint density at radius 3 is 2.41 bits per heavy atom. The standard InChI is InChI=1S/C19H20F3N3O2/c1-3-4-11-25(2)18(27)16-12-13(9-10-23-16)17(26)24-15-7-5-14(6-8-15)19(20,21)22/h5-10,12H,3-4,11H2,1-2H3,(H,24,26). The van der Waals surface area contributed by atoms with Gasteiger partial charge in [0.25, 0.3) is 11.8 Å². The van der Waals surface area contributed by atoms with Crippen LogP contribution in [0.25, 0.3) is 0 Å². The van der Waals surface area contributed by atoms with Gasteiger partial charge < -0.3 is 10.2 Å². The van der Waals surface area contributed by atoms with E-state index in [1.807, 2.05) is 6.92 Å². The fraction of sp³-hybridized carbons (Fsp3) is 0.316. The normalized spacial score (nSPS) is 11.1. The number of aromatic nitrogens is 1. The summed E-state index contributed by atoms with van der Waals surface area (Å²) in [5, 5.41) is 2.51. The lowest BCUT2D eigenvalue weighted by Crippen LogP contribution is -2.28. The number of benzene rings is 1. The van der Waals surface area contributed by atoms with Crippen LogP contribution in [0.4, 0.5) is 18.9 Å². The molecule has 8 heteroatoms. The molecule has 0 spiro atoms. The number of pyridine rings is 1. The summed E-state index contributed by atoms with van der Waals surface area (Å²) in [6, 6.07) is 6.92. The molecule has 2 aromatic rings. The topological polar surface area (TPSA) is 62.3 Å². The average Bonchev–Trinajstić information content (AvgIpc) is 2.65. The van der Waals surface area contributed by atoms with Crippen molar-refractivity contribution in [1.82, 2.24) is 9.88 Å². The highest BCUT2D eigenvalue weighted by molar-refractivity contribution is 6.05. The van der Waals surface area contributed by atoms with E-state index in [-0.39, 0.29) is 22.9 Å². The lowest BCUT2D eigenvalue weighted by Gasteiger charge is -2.16. The summed E-state index contributed by atoms with van der Waals surface area (Å²) in [5.41, 5.74) is -0.254. The first kappa shape index (κ1) is 20.4. The van der Waals surface area contributed by atoms with E-state index < -0.39 is 17.6 Å². The van der Waals surface area contributed by atoms with Crippen LogP contribution in [0.2, 0.25) is 0 Å². The quantitative estimate of drug-likeness (QED) is 0.817. The van der Waals surface area contributed by atoms with Crippen LogP contribution in [-0.2, 0) is 6.18 Å². The fourth-order valence-electron chi connectivity index (χ4n) is 2.33. The van der Waals surface area contributed by atoms with Gasteiger partial charge in [0.2, 0.25) is 0 Å². The Morgan fingerprint density at radius 1 is 1.15 bits per heavy atom. The van der Waals surface area contributed by atoms with E-state index in [1.54, 1.807) is 7.05 Å². The maximum Gasteiger partial charge on any atom is 0.416 e. The summed E-state index contributed by atoms with van der Waals surface area (Å²) >= 11 is 0. The van der Waals surface area contributed by atoms with Gasteiger partial charge in [-0.2, -0.15) is 13.2 Å². The molecule has 2 amide bonds. The van der Waals surface area contributed by atoms with E-state index in [0.717, 1.165) is 25.0 Å². The number of nitrogens with zero attached hydrogens (tertiary/aromatic N) is 2. The van der Waals surface area contributed by atoms with Crippen molar-refractivity contribution in [2.45, 2.75) is 25.9 Å². The highest BCUT2D eigenvalue weighted by Gasteiger charge is 2.30. The Hall–Kier alpha value is -2.90. The van der Waals surface area contributed by atoms with Gasteiger partial charge in [0.1, 0.15) is 5.69 Å². The highest BCUT2D eigenvalue weighted by Crippen LogP contribution is 2.29. The average molecular weight is 379 g/mol. The molecule has 144 valence electrons. The van der Waals surface area contributed by atoms with Crippen molar-refractivity contribution in [3.63, 3.8) is 0 Å². The molecule has 0 saturated carbocycles. The summed E-state index contributed by atoms with van der Waals surface area (Å²) < 4.78 is 37.7. The minimum absolute atomic E-state index is 0.133. The van der Waals surface area contributed by atoms with Gasteiger partial charge >= 0.3 is 6.18 Å². The number of carbonyl (C=O) groups excluding carboxylic acids is 2. The number of rotatable bonds is 6. The molecule has 0 saturated heterocycles. The molecule has 0 aliphatic heterocycles. The molecular formula is C19H20F3N3O2. The van der Waals surface area contributed by atoms with E-state index in [0.29, 0.717) is 6.54 Å². The molecule has 27 heavy (non-hydrogen) atoms. The zero-order chi connectivity index (χ0) is 20.0. The maximum absolute atomic E-state index is 12.6. The third-order valence-electron chi connectivity index (χ3n) is 3.91. The Kier molecular flexibility index (Phi) is 6.55. The SMILES string of the molecule is CCCCN(C)C(=O)c1cc(C(=O)Nc2ccc(C(F)(F)F)cc2)ccn1. The number of alkyl halides is 3. The lowest BCUT2D eigenvalue weighted by atomic mass is 10.1. The lowest BCUT2D eigenvalue weighted by molar-refractivity contribution is -0.137. The Bertz CT molecular complexity index is 805. The second-order valence-corrected chi connectivity index (χ2v) is 6.04. The molecule has 1 heterocycles. The van der Waals surface area contributed by atoms with E-state index in [1.165, 1.54) is 35.4 Å². The minimum atomic E-state index is -4.44. The van der Waals surface area contributed by atoms with Crippen molar-refractivity contribution in [2.24, 2.45) is 0 Å². The van der Waals surface area contributed by atoms with Gasteiger partial charge in [-0.25, -0.2) is 0 Å². The highest BCUT2D eigenvalue weighted by atomic mass is 19.4. The zero-order valence-corrected chi connectivity index (χ0v) is 15.0. The first-order chi connectivity index (χ1) is 12.7. The van der Waals surface area contributed by atoms with Gasteiger partial charge in [-0.1, -0.05) is 13.3 Å². The molecule has 0 fully saturated rings. The molecule has 0 atom stereocenters. The first-order valence-corrected chi connectivity index (χ1v) is 8.42. The number of nitrogens with one attached hydrogen (secondary N) is 1. The molecule has 0 bridgehead atoms. The van der Waals surface area contributed by atoms with Crippen LogP contribution in [-0.4, -0.2) is 35.3 Å². The number of hydrogen-bond donors (Lipinski definition) is 1. The summed E-state index contributed by atoms with van der Waals surface area (Å²) in [6.07, 6.45) is -1.29. The van der Waals surface area contributed by atoms with Gasteiger partial charge in [-0.05, 0) is 42.8 Å². The summed E-state index contributed by atoms with van der Waals surface area (Å²) in [7, 11) is 1.66. The fourth-order valence-corrected chi connectivity index (χ4v) is 2.33. The largest absolute Gasteiger partial charge is 0.416 e. The van der Waals surface area contributed by atoms with Crippen LogP contribution >= 0.6 is 0 Å². The van der Waals surface area contributed by atoms with Gasteiger partial charge in [-0.3, -0.25) is 14.6 Å². The Morgan fingerprint density at radius 2 is 1.81 bits per heavy atom. The van der Waals surface area contributed by atoms with Crippen molar-refractivity contribution in [2.75, 3.05) is 18.9 Å². The Balaban J connectivity index is 2.10. The number of halogens is 3. The second-order valence-electron chi connectivity index (χ2n) is 6.04. The van der Waals surface area contributed by atoms with Crippen LogP contribution < -0.4 is 5.32 Å². The molecule has 0 unspecified atom stereocenters. The van der Waals surface area contributed by atoms with Crippen LogP contribution in [0.5, 0.6) is 0 Å². The molecule has 5 nitrogen and oxygen atoms in total. The smallest absolute Gasteiger partial charge is 0.340 e. The zero-order valence-electron chi connectivity index (χ0n) is 15.0. The maximum atomic E-state index is 12.6. The van der Waals surface area contributed by atoms with Gasteiger partial charge in [0.15, 0.2) is 0 Å². The number of unbranched alkanes of at least 4 members (excludes halogenated alkanes) is 1. The predicted molar refractivity (Wildman–Crippen MR) is 95.5 cm³/mol. The number of anilines is 1. The molecule has 1 aromatic carbocycles. The molecule has 2 rings (SSSR count). The van der Waals surface area contributed by atoms with Crippen molar-refractivity contribution >= 4 is 17.5 Å². The molecular weight excluding hydrogens is 359 g/mol. The number of hydrogen-bond acceptors (Lipinski definition) is 3. The minimum Gasteiger partial charge on any atom is -0.340 e. The molecule has 1 N–H and O–H groups in total. The second kappa shape index (κ2) is 8.66. The molecule has 0 radical (unpaired) electrons. The molecule has 1 aromatic heterocycles. The van der Waals surface area contributed by atoms with Crippen LogP contribution in [0, 0.1) is 0 Å². The van der Waals surface area contributed by atoms with Crippen molar-refractivity contribution < 1.29 is 22.8 Å². The summed E-state index contributed by atoms with van der Waals surface area (Å²) in [6.45, 7) is 2.60. The van der Waals surface area contributed by atoms with E-state index in [4.69, 9.17) is 0 Å². The van der Waals surface area contributed by atoms with E-state index in [2.05, 4.69) is 10.3 Å². The summed E-state index contributed by atoms with van der Waals surface area (Å²) in [5.74, 6) is -0.838. The first-order valence-electron chi connectivity index (χ1n) is 8.42. The third kappa shape index (κ3) is 5.54. The van der Waals surface area contributed by atoms with Gasteiger partial charge in [0.05, 0.1) is 5.56 Å². The van der Waals surface area contributed by atoms with Gasteiger partial charge in [-0.15, -0.1) is 0 Å². The third-order valence-corrected chi connectivity index (χ3v) is 3.91. The van der Waals surface area contributed by atoms with Crippen molar-refractivity contribution in [3.8, 4) is 0 Å². The predicted octanol–water partition coefficient (Wildman–Crippen LogP) is 4.22. The monoisotopic (exact) mass is 379 g/mol. The van der Waals surface area contributed by atoms with Gasteiger partial charge in [0, 0.05) is 31.0 Å². The Labute approximate surface area is 155 Å². The number of amides is 2. The van der Waals surface area contributed by atoms with E-state index in [9.17, 15) is 22.8 Å². The summed E-state index contributed by atoms with van der Waals surface area (Å²) in [4.78, 5) is 30.2. The van der Waals surface area contributed by atoms with Crippen molar-refractivity contribution in [1.29, 1.82) is 0 Å². The van der Waals surface area contributed by atoms with E-state index >= 15 is 0 Å². The number of carbonyl (C=O) groups is 2. The molecule has 0 aliphatic rings. The van der Waals surface area contributed by atoms with Crippen molar-refractivity contribution in [3.05, 3.63) is 59.4 Å². The molecule has 0 aliphatic carbocycles. The van der Waals surface area contributed by atoms with Crippen LogP contribution in [0.15, 0.2) is 42.6 Å². The van der Waals surface area contributed by atoms with Crippen LogP contribution in [0.1, 0.15) is 46.2 Å².